The van der Waals surface area contributed by atoms with Crippen molar-refractivity contribution in [2.45, 2.75) is 30.3 Å². The quantitative estimate of drug-likeness (QED) is 0.873. The van der Waals surface area contributed by atoms with E-state index in [1.165, 1.54) is 20.0 Å². The van der Waals surface area contributed by atoms with E-state index in [0.717, 1.165) is 19.3 Å². The maximum absolute atomic E-state index is 12.5. The van der Waals surface area contributed by atoms with Crippen LogP contribution < -0.4 is 0 Å². The van der Waals surface area contributed by atoms with Crippen LogP contribution in [-0.4, -0.2) is 35.2 Å². The van der Waals surface area contributed by atoms with Crippen LogP contribution in [0.2, 0.25) is 5.15 Å². The summed E-state index contributed by atoms with van der Waals surface area (Å²) in [7, 11) is -1.96. The molecule has 1 saturated carbocycles. The molecule has 2 aromatic rings. The largest absolute Gasteiger partial charge is 0.279 e. The number of nitrogens with zero attached hydrogens (tertiary/aromatic N) is 3. The van der Waals surface area contributed by atoms with E-state index in [-0.39, 0.29) is 16.2 Å². The number of thiazole rings is 1. The fourth-order valence-corrected chi connectivity index (χ4v) is 4.87. The minimum absolute atomic E-state index is 0.0491. The van der Waals surface area contributed by atoms with Gasteiger partial charge in [0.25, 0.3) is 10.0 Å². The van der Waals surface area contributed by atoms with Crippen LogP contribution in [0.4, 0.5) is 0 Å². The highest BCUT2D eigenvalue weighted by atomic mass is 35.5. The molecular weight excluding hydrogens is 294 g/mol. The number of rotatable bonds is 3. The fraction of sp³-hybridized carbons (Fsp3) is 0.500. The Labute approximate surface area is 114 Å². The fourth-order valence-electron chi connectivity index (χ4n) is 2.05. The summed E-state index contributed by atoms with van der Waals surface area (Å²) in [5.74, 6) is 0. The third-order valence-corrected chi connectivity index (χ3v) is 6.46. The van der Waals surface area contributed by atoms with Crippen molar-refractivity contribution >= 4 is 37.9 Å². The zero-order chi connectivity index (χ0) is 12.9. The van der Waals surface area contributed by atoms with Gasteiger partial charge in [0.15, 0.2) is 15.1 Å². The lowest BCUT2D eigenvalue weighted by Gasteiger charge is -2.33. The lowest BCUT2D eigenvalue weighted by Crippen LogP contribution is -2.41. The van der Waals surface area contributed by atoms with Crippen molar-refractivity contribution < 1.29 is 8.42 Å². The van der Waals surface area contributed by atoms with Crippen LogP contribution in [0.1, 0.15) is 19.3 Å². The van der Waals surface area contributed by atoms with Gasteiger partial charge in [-0.3, -0.25) is 4.40 Å². The molecule has 0 spiro atoms. The van der Waals surface area contributed by atoms with Gasteiger partial charge in [-0.25, -0.2) is 13.4 Å². The first-order chi connectivity index (χ1) is 8.51. The molecule has 0 aliphatic heterocycles. The lowest BCUT2D eigenvalue weighted by atomic mass is 9.94. The van der Waals surface area contributed by atoms with E-state index < -0.39 is 10.0 Å². The Morgan fingerprint density at radius 1 is 1.56 bits per heavy atom. The molecule has 2 heterocycles. The second-order valence-electron chi connectivity index (χ2n) is 4.37. The Hall–Kier alpha value is -0.630. The summed E-state index contributed by atoms with van der Waals surface area (Å²) in [5, 5.41) is 1.92. The van der Waals surface area contributed by atoms with E-state index in [9.17, 15) is 8.42 Å². The molecule has 2 aromatic heterocycles. The molecule has 0 saturated heterocycles. The topological polar surface area (TPSA) is 54.7 Å². The summed E-state index contributed by atoms with van der Waals surface area (Å²) in [5.41, 5.74) is 0. The number of sulfonamides is 1. The first-order valence-corrected chi connectivity index (χ1v) is 8.30. The second kappa shape index (κ2) is 4.19. The Morgan fingerprint density at radius 3 is 2.89 bits per heavy atom. The predicted molar refractivity (Wildman–Crippen MR) is 70.7 cm³/mol. The molecule has 1 fully saturated rings. The van der Waals surface area contributed by atoms with Gasteiger partial charge >= 0.3 is 0 Å². The molecule has 1 aliphatic rings. The first kappa shape index (κ1) is 12.4. The van der Waals surface area contributed by atoms with Gasteiger partial charge in [-0.2, -0.15) is 4.31 Å². The summed E-state index contributed by atoms with van der Waals surface area (Å²) < 4.78 is 28.1. The molecule has 0 bridgehead atoms. The van der Waals surface area contributed by atoms with E-state index in [1.807, 2.05) is 0 Å². The van der Waals surface area contributed by atoms with E-state index in [2.05, 4.69) is 4.98 Å². The van der Waals surface area contributed by atoms with Gasteiger partial charge in [0.1, 0.15) is 0 Å². The highest BCUT2D eigenvalue weighted by molar-refractivity contribution is 7.89. The highest BCUT2D eigenvalue weighted by Crippen LogP contribution is 2.32. The molecule has 3 rings (SSSR count). The highest BCUT2D eigenvalue weighted by Gasteiger charge is 2.35. The normalized spacial score (nSPS) is 17.5. The van der Waals surface area contributed by atoms with Crippen molar-refractivity contribution in [1.29, 1.82) is 0 Å². The van der Waals surface area contributed by atoms with Gasteiger partial charge in [-0.05, 0) is 12.8 Å². The molecule has 0 atom stereocenters. The molecule has 5 nitrogen and oxygen atoms in total. The molecule has 0 radical (unpaired) electrons. The maximum atomic E-state index is 12.5. The van der Waals surface area contributed by atoms with E-state index >= 15 is 0 Å². The Bertz CT molecular complexity index is 687. The van der Waals surface area contributed by atoms with Crippen molar-refractivity contribution in [3.05, 3.63) is 16.7 Å². The zero-order valence-corrected chi connectivity index (χ0v) is 12.1. The monoisotopic (exact) mass is 305 g/mol. The minimum atomic E-state index is -3.57. The van der Waals surface area contributed by atoms with E-state index in [1.54, 1.807) is 18.6 Å². The van der Waals surface area contributed by atoms with Gasteiger partial charge in [-0.1, -0.05) is 18.0 Å². The van der Waals surface area contributed by atoms with Crippen LogP contribution in [-0.2, 0) is 10.0 Å². The Morgan fingerprint density at radius 2 is 2.28 bits per heavy atom. The van der Waals surface area contributed by atoms with E-state index in [4.69, 9.17) is 11.6 Å². The zero-order valence-electron chi connectivity index (χ0n) is 9.71. The molecule has 0 unspecified atom stereocenters. The Balaban J connectivity index is 2.12. The summed E-state index contributed by atoms with van der Waals surface area (Å²) in [4.78, 5) is 4.66. The third kappa shape index (κ3) is 1.69. The van der Waals surface area contributed by atoms with Crippen LogP contribution in [0.3, 0.4) is 0 Å². The van der Waals surface area contributed by atoms with Crippen molar-refractivity contribution in [1.82, 2.24) is 13.7 Å². The lowest BCUT2D eigenvalue weighted by molar-refractivity contribution is 0.249. The van der Waals surface area contributed by atoms with Gasteiger partial charge in [-0.15, -0.1) is 11.3 Å². The molecule has 1 aliphatic carbocycles. The van der Waals surface area contributed by atoms with Crippen molar-refractivity contribution in [3.8, 4) is 0 Å². The third-order valence-electron chi connectivity index (χ3n) is 3.39. The molecule has 98 valence electrons. The summed E-state index contributed by atoms with van der Waals surface area (Å²) in [6, 6.07) is 0.0928. The predicted octanol–water partition coefficient (Wildman–Crippen LogP) is 2.22. The van der Waals surface area contributed by atoms with Crippen LogP contribution in [0.15, 0.2) is 16.6 Å². The average molecular weight is 306 g/mol. The SMILES string of the molecule is CN(C1CCC1)S(=O)(=O)c1c(Cl)nc2sccn12. The number of hydrogen-bond acceptors (Lipinski definition) is 4. The van der Waals surface area contributed by atoms with Crippen LogP contribution in [0, 0.1) is 0 Å². The van der Waals surface area contributed by atoms with Gasteiger partial charge in [0, 0.05) is 24.7 Å². The number of fused-ring (bicyclic) bond motifs is 1. The number of halogens is 1. The molecule has 0 N–H and O–H groups in total. The smallest absolute Gasteiger partial charge is 0.262 e. The first-order valence-electron chi connectivity index (χ1n) is 5.61. The van der Waals surface area contributed by atoms with Gasteiger partial charge < -0.3 is 0 Å². The second-order valence-corrected chi connectivity index (χ2v) is 7.51. The molecule has 18 heavy (non-hydrogen) atoms. The standard InChI is InChI=1S/C10H12ClN3O2S2/c1-13(7-3-2-4-7)18(15,16)9-8(11)12-10-14(9)5-6-17-10/h5-7H,2-4H2,1H3. The van der Waals surface area contributed by atoms with Crippen molar-refractivity contribution in [2.75, 3.05) is 7.05 Å². The molecular formula is C10H12ClN3O2S2. The van der Waals surface area contributed by atoms with Gasteiger partial charge in [0.05, 0.1) is 0 Å². The molecule has 8 heteroatoms. The van der Waals surface area contributed by atoms with E-state index in [0.29, 0.717) is 4.96 Å². The van der Waals surface area contributed by atoms with Crippen LogP contribution in [0.5, 0.6) is 0 Å². The summed E-state index contributed by atoms with van der Waals surface area (Å²) in [6.07, 6.45) is 4.59. The van der Waals surface area contributed by atoms with Crippen LogP contribution >= 0.6 is 22.9 Å². The average Bonchev–Trinajstić information content (AvgIpc) is 2.73. The number of imidazole rings is 1. The van der Waals surface area contributed by atoms with Crippen molar-refractivity contribution in [3.63, 3.8) is 0 Å². The Kier molecular flexibility index (Phi) is 2.89. The molecule has 0 amide bonds. The minimum Gasteiger partial charge on any atom is -0.279 e. The van der Waals surface area contributed by atoms with Gasteiger partial charge in [0.2, 0.25) is 0 Å². The van der Waals surface area contributed by atoms with Crippen LogP contribution in [0.25, 0.3) is 4.96 Å². The number of hydrogen-bond donors (Lipinski definition) is 0. The van der Waals surface area contributed by atoms with Crippen molar-refractivity contribution in [2.24, 2.45) is 0 Å². The summed E-state index contributed by atoms with van der Waals surface area (Å²) in [6.45, 7) is 0. The summed E-state index contributed by atoms with van der Waals surface area (Å²) >= 11 is 7.34. The molecule has 0 aromatic carbocycles. The number of aromatic nitrogens is 2. The maximum Gasteiger partial charge on any atom is 0.262 e.